The molecule has 35 heavy (non-hydrogen) atoms. The van der Waals surface area contributed by atoms with Gasteiger partial charge in [0.05, 0.1) is 6.04 Å². The molecule has 1 heterocycles. The first-order valence-corrected chi connectivity index (χ1v) is 11.8. The molecule has 0 bridgehead atoms. The molecule has 3 rings (SSSR count). The summed E-state index contributed by atoms with van der Waals surface area (Å²) in [5.74, 6) is -4.66. The Hall–Kier alpha value is -2.37. The van der Waals surface area contributed by atoms with Gasteiger partial charge in [-0.1, -0.05) is 47.5 Å². The molecule has 12 heteroatoms. The highest BCUT2D eigenvalue weighted by molar-refractivity contribution is 5.95. The van der Waals surface area contributed by atoms with Gasteiger partial charge in [-0.2, -0.15) is 13.2 Å². The number of rotatable bonds is 8. The molecule has 9 nitrogen and oxygen atoms in total. The third kappa shape index (κ3) is 5.57. The Kier molecular flexibility index (Phi) is 6.95. The zero-order chi connectivity index (χ0) is 26.7. The highest BCUT2D eigenvalue weighted by Gasteiger charge is 2.70. The zero-order valence-electron chi connectivity index (χ0n) is 20.6. The summed E-state index contributed by atoms with van der Waals surface area (Å²) >= 11 is 0. The predicted octanol–water partition coefficient (Wildman–Crippen LogP) is 0.694. The molecule has 0 aromatic heterocycles. The number of hydrogen-bond donors (Lipinski definition) is 4. The quantitative estimate of drug-likeness (QED) is 0.385. The fourth-order valence-electron chi connectivity index (χ4n) is 5.29. The van der Waals surface area contributed by atoms with Crippen LogP contribution in [0.2, 0.25) is 0 Å². The minimum absolute atomic E-state index is 0.0518. The lowest BCUT2D eigenvalue weighted by molar-refractivity contribution is -0.176. The van der Waals surface area contributed by atoms with E-state index in [0.717, 1.165) is 12.8 Å². The van der Waals surface area contributed by atoms with Crippen LogP contribution in [-0.4, -0.2) is 70.6 Å². The first-order valence-electron chi connectivity index (χ1n) is 11.8. The van der Waals surface area contributed by atoms with Crippen LogP contribution < -0.4 is 16.4 Å². The maximum atomic E-state index is 13.5. The zero-order valence-corrected chi connectivity index (χ0v) is 20.6. The second kappa shape index (κ2) is 8.94. The van der Waals surface area contributed by atoms with E-state index in [-0.39, 0.29) is 29.7 Å². The van der Waals surface area contributed by atoms with Crippen molar-refractivity contribution in [1.29, 1.82) is 0 Å². The molecular formula is C23H35F3N4O5. The molecule has 6 atom stereocenters. The molecule has 0 aromatic carbocycles. The third-order valence-electron chi connectivity index (χ3n) is 7.69. The van der Waals surface area contributed by atoms with Crippen LogP contribution in [0.15, 0.2) is 0 Å². The Labute approximate surface area is 202 Å². The molecule has 2 aliphatic carbocycles. The van der Waals surface area contributed by atoms with E-state index in [2.05, 4.69) is 5.32 Å². The molecule has 2 saturated carbocycles. The molecule has 3 fully saturated rings. The topological polar surface area (TPSA) is 142 Å². The van der Waals surface area contributed by atoms with Crippen LogP contribution >= 0.6 is 0 Å². The molecule has 0 spiro atoms. The maximum Gasteiger partial charge on any atom is 0.471 e. The summed E-state index contributed by atoms with van der Waals surface area (Å²) in [7, 11) is 0. The van der Waals surface area contributed by atoms with E-state index in [1.807, 2.05) is 13.8 Å². The minimum Gasteiger partial charge on any atom is -0.381 e. The van der Waals surface area contributed by atoms with Crippen molar-refractivity contribution in [3.05, 3.63) is 0 Å². The summed E-state index contributed by atoms with van der Waals surface area (Å²) in [4.78, 5) is 51.4. The molecular weight excluding hydrogens is 469 g/mol. The second-order valence-electron chi connectivity index (χ2n) is 11.8. The minimum atomic E-state index is -5.17. The molecule has 4 amide bonds. The Balaban J connectivity index is 1.85. The summed E-state index contributed by atoms with van der Waals surface area (Å²) in [6.45, 7) is 8.60. The van der Waals surface area contributed by atoms with Gasteiger partial charge in [-0.3, -0.25) is 19.2 Å². The molecule has 198 valence electrons. The fourth-order valence-corrected chi connectivity index (χ4v) is 5.29. The lowest BCUT2D eigenvalue weighted by Crippen LogP contribution is -2.61. The highest BCUT2D eigenvalue weighted by Crippen LogP contribution is 2.65. The number of carbonyl (C=O) groups excluding carboxylic acids is 4. The average Bonchev–Trinajstić information content (AvgIpc) is 3.55. The van der Waals surface area contributed by atoms with E-state index in [0.29, 0.717) is 6.42 Å². The van der Waals surface area contributed by atoms with Gasteiger partial charge >= 0.3 is 12.1 Å². The van der Waals surface area contributed by atoms with Crippen LogP contribution in [-0.2, 0) is 19.2 Å². The maximum absolute atomic E-state index is 13.5. The van der Waals surface area contributed by atoms with Gasteiger partial charge in [-0.25, -0.2) is 0 Å². The monoisotopic (exact) mass is 504 g/mol. The first-order chi connectivity index (χ1) is 15.9. The molecule has 2 unspecified atom stereocenters. The first kappa shape index (κ1) is 27.2. The summed E-state index contributed by atoms with van der Waals surface area (Å²) in [5.41, 5.74) is 3.90. The number of primary amides is 1. The Morgan fingerprint density at radius 1 is 1.11 bits per heavy atom. The Morgan fingerprint density at radius 3 is 2.14 bits per heavy atom. The number of fused-ring (bicyclic) bond motifs is 1. The summed E-state index contributed by atoms with van der Waals surface area (Å²) in [5, 5.41) is 14.7. The van der Waals surface area contributed by atoms with Gasteiger partial charge in [0, 0.05) is 6.54 Å². The van der Waals surface area contributed by atoms with E-state index >= 15 is 0 Å². The Bertz CT molecular complexity index is 897. The summed E-state index contributed by atoms with van der Waals surface area (Å²) in [6, 6.07) is -3.48. The van der Waals surface area contributed by atoms with E-state index in [9.17, 15) is 37.5 Å². The number of nitrogens with two attached hydrogens (primary N) is 1. The van der Waals surface area contributed by atoms with Gasteiger partial charge in [0.25, 0.3) is 0 Å². The van der Waals surface area contributed by atoms with Crippen molar-refractivity contribution in [2.75, 3.05) is 6.54 Å². The number of carbonyl (C=O) groups is 4. The van der Waals surface area contributed by atoms with Crippen LogP contribution in [0.4, 0.5) is 13.2 Å². The van der Waals surface area contributed by atoms with Crippen molar-refractivity contribution < 1.29 is 37.5 Å². The number of piperidine rings is 1. The molecule has 1 aliphatic heterocycles. The van der Waals surface area contributed by atoms with Gasteiger partial charge in [0.15, 0.2) is 6.10 Å². The summed E-state index contributed by atoms with van der Waals surface area (Å²) in [6.07, 6.45) is -4.64. The number of halogens is 3. The van der Waals surface area contributed by atoms with Gasteiger partial charge in [0.2, 0.25) is 17.7 Å². The number of amides is 4. The summed E-state index contributed by atoms with van der Waals surface area (Å²) < 4.78 is 38.8. The number of aliphatic hydroxyl groups is 1. The average molecular weight is 505 g/mol. The number of alkyl halides is 3. The molecule has 0 radical (unpaired) electrons. The van der Waals surface area contributed by atoms with Crippen molar-refractivity contribution in [1.82, 2.24) is 15.5 Å². The van der Waals surface area contributed by atoms with Gasteiger partial charge in [0.1, 0.15) is 12.1 Å². The highest BCUT2D eigenvalue weighted by atomic mass is 19.4. The van der Waals surface area contributed by atoms with Crippen molar-refractivity contribution >= 4 is 23.6 Å². The van der Waals surface area contributed by atoms with Crippen molar-refractivity contribution in [2.24, 2.45) is 34.3 Å². The van der Waals surface area contributed by atoms with E-state index in [1.165, 1.54) is 25.7 Å². The number of hydrogen-bond acceptors (Lipinski definition) is 5. The fraction of sp³-hybridized carbons (Fsp3) is 0.826. The lowest BCUT2D eigenvalue weighted by Gasteiger charge is -2.38. The van der Waals surface area contributed by atoms with E-state index < -0.39 is 59.4 Å². The van der Waals surface area contributed by atoms with E-state index in [1.54, 1.807) is 5.32 Å². The van der Waals surface area contributed by atoms with E-state index in [4.69, 9.17) is 5.73 Å². The number of nitrogens with zero attached hydrogens (tertiary/aromatic N) is 1. The van der Waals surface area contributed by atoms with Crippen LogP contribution in [0.5, 0.6) is 0 Å². The third-order valence-corrected chi connectivity index (χ3v) is 7.69. The second-order valence-corrected chi connectivity index (χ2v) is 11.8. The molecule has 3 aliphatic rings. The number of nitrogens with one attached hydrogen (secondary N) is 2. The molecule has 0 aromatic rings. The van der Waals surface area contributed by atoms with Crippen molar-refractivity contribution in [3.8, 4) is 0 Å². The lowest BCUT2D eigenvalue weighted by atomic mass is 9.85. The Morgan fingerprint density at radius 2 is 1.69 bits per heavy atom. The largest absolute Gasteiger partial charge is 0.471 e. The van der Waals surface area contributed by atoms with Crippen molar-refractivity contribution in [3.63, 3.8) is 0 Å². The number of aliphatic hydroxyl groups excluding tert-OH is 1. The predicted molar refractivity (Wildman–Crippen MR) is 118 cm³/mol. The molecule has 5 N–H and O–H groups in total. The van der Waals surface area contributed by atoms with Crippen LogP contribution in [0.25, 0.3) is 0 Å². The van der Waals surface area contributed by atoms with Crippen LogP contribution in [0, 0.1) is 28.6 Å². The standard InChI is InChI=1S/C23H35F3N4O5/c1-21(2,3)16(29-20(35)23(24,25)26)19(34)30-9-11-13(22(11,4)5)14(30)18(33)28-12(8-10-6-7-10)15(31)17(27)32/h10-16,31H,6-9H2,1-5H3,(H2,27,32)(H,28,33)(H,29,35)/t11-,12?,13-,14-,15?,16+/m0/s1. The van der Waals surface area contributed by atoms with Gasteiger partial charge < -0.3 is 26.4 Å². The SMILES string of the molecule is CC(C)(C)[C@H](NC(=O)C(F)(F)F)C(=O)N1C[C@H]2[C@@H]([C@H]1C(=O)NC(CC1CC1)C(O)C(N)=O)C2(C)C. The van der Waals surface area contributed by atoms with Crippen LogP contribution in [0.3, 0.4) is 0 Å². The molecule has 1 saturated heterocycles. The van der Waals surface area contributed by atoms with Crippen molar-refractivity contribution in [2.45, 2.75) is 84.3 Å². The van der Waals surface area contributed by atoms with Crippen LogP contribution in [0.1, 0.15) is 53.9 Å². The number of likely N-dealkylation sites (tertiary alicyclic amines) is 1. The van der Waals surface area contributed by atoms with Gasteiger partial charge in [-0.05, 0) is 35.0 Å². The normalized spacial score (nSPS) is 27.9. The van der Waals surface area contributed by atoms with Gasteiger partial charge in [-0.15, -0.1) is 0 Å². The smallest absolute Gasteiger partial charge is 0.381 e.